The van der Waals surface area contributed by atoms with Crippen molar-refractivity contribution in [1.82, 2.24) is 9.80 Å². The van der Waals surface area contributed by atoms with Crippen molar-refractivity contribution in [3.63, 3.8) is 0 Å². The van der Waals surface area contributed by atoms with Crippen molar-refractivity contribution in [2.24, 2.45) is 5.73 Å². The SMILES string of the molecule is C=CCN1C=CN(C=C)C1.NCC(=O)O. The first-order valence-corrected chi connectivity index (χ1v) is 4.47. The largest absolute Gasteiger partial charge is 0.480 e. The van der Waals surface area contributed by atoms with E-state index in [4.69, 9.17) is 5.11 Å². The average molecular weight is 211 g/mol. The Balaban J connectivity index is 0.000000336. The Kier molecular flexibility index (Phi) is 6.74. The van der Waals surface area contributed by atoms with E-state index in [0.29, 0.717) is 0 Å². The maximum absolute atomic E-state index is 9.24. The van der Waals surface area contributed by atoms with Crippen LogP contribution in [-0.2, 0) is 4.79 Å². The molecule has 0 spiro atoms. The van der Waals surface area contributed by atoms with Crippen LogP contribution in [0.2, 0.25) is 0 Å². The molecule has 0 aromatic carbocycles. The number of rotatable bonds is 4. The van der Waals surface area contributed by atoms with Crippen LogP contribution in [0.5, 0.6) is 0 Å². The van der Waals surface area contributed by atoms with E-state index in [-0.39, 0.29) is 6.54 Å². The molecule has 0 saturated carbocycles. The van der Waals surface area contributed by atoms with Crippen LogP contribution < -0.4 is 5.73 Å². The van der Waals surface area contributed by atoms with E-state index >= 15 is 0 Å². The number of carbonyl (C=O) groups is 1. The molecule has 1 rings (SSSR count). The zero-order valence-electron chi connectivity index (χ0n) is 8.67. The van der Waals surface area contributed by atoms with Crippen LogP contribution >= 0.6 is 0 Å². The first-order chi connectivity index (χ1) is 7.13. The lowest BCUT2D eigenvalue weighted by atomic mass is 10.6. The molecule has 84 valence electrons. The van der Waals surface area contributed by atoms with Crippen molar-refractivity contribution in [2.45, 2.75) is 0 Å². The molecule has 0 radical (unpaired) electrons. The molecular weight excluding hydrogens is 194 g/mol. The second-order valence-corrected chi connectivity index (χ2v) is 2.79. The number of aliphatic carboxylic acids is 1. The molecule has 0 fully saturated rings. The van der Waals surface area contributed by atoms with E-state index in [1.807, 2.05) is 23.4 Å². The van der Waals surface area contributed by atoms with E-state index in [0.717, 1.165) is 13.2 Å². The summed E-state index contributed by atoms with van der Waals surface area (Å²) in [5, 5.41) is 7.60. The van der Waals surface area contributed by atoms with Gasteiger partial charge in [-0.1, -0.05) is 12.7 Å². The van der Waals surface area contributed by atoms with Gasteiger partial charge in [0.1, 0.15) is 0 Å². The summed E-state index contributed by atoms with van der Waals surface area (Å²) < 4.78 is 0. The minimum absolute atomic E-state index is 0.278. The third-order valence-corrected chi connectivity index (χ3v) is 1.59. The first-order valence-electron chi connectivity index (χ1n) is 4.47. The summed E-state index contributed by atoms with van der Waals surface area (Å²) >= 11 is 0. The molecule has 1 aliphatic heterocycles. The van der Waals surface area contributed by atoms with Crippen LogP contribution in [0.15, 0.2) is 37.8 Å². The molecule has 0 amide bonds. The highest BCUT2D eigenvalue weighted by Gasteiger charge is 2.05. The van der Waals surface area contributed by atoms with E-state index in [1.165, 1.54) is 0 Å². The topological polar surface area (TPSA) is 69.8 Å². The van der Waals surface area contributed by atoms with Gasteiger partial charge >= 0.3 is 5.97 Å². The highest BCUT2D eigenvalue weighted by molar-refractivity contribution is 5.68. The Morgan fingerprint density at radius 1 is 1.53 bits per heavy atom. The molecule has 0 aromatic rings. The average Bonchev–Trinajstić information content (AvgIpc) is 2.67. The summed E-state index contributed by atoms with van der Waals surface area (Å²) in [7, 11) is 0. The van der Waals surface area contributed by atoms with Crippen molar-refractivity contribution in [3.05, 3.63) is 37.8 Å². The fraction of sp³-hybridized carbons (Fsp3) is 0.300. The van der Waals surface area contributed by atoms with Crippen molar-refractivity contribution >= 4 is 5.97 Å². The van der Waals surface area contributed by atoms with Crippen LogP contribution in [0.25, 0.3) is 0 Å². The van der Waals surface area contributed by atoms with Crippen molar-refractivity contribution < 1.29 is 9.90 Å². The summed E-state index contributed by atoms with van der Waals surface area (Å²) in [6.07, 6.45) is 7.72. The van der Waals surface area contributed by atoms with Gasteiger partial charge in [-0.15, -0.1) is 6.58 Å². The molecular formula is C10H17N3O2. The minimum atomic E-state index is -0.968. The molecule has 1 aliphatic rings. The quantitative estimate of drug-likeness (QED) is 0.658. The van der Waals surface area contributed by atoms with E-state index in [1.54, 1.807) is 6.20 Å². The zero-order chi connectivity index (χ0) is 11.7. The lowest BCUT2D eigenvalue weighted by Gasteiger charge is -2.15. The van der Waals surface area contributed by atoms with Crippen LogP contribution in [0, 0.1) is 0 Å². The first kappa shape index (κ1) is 13.2. The van der Waals surface area contributed by atoms with Gasteiger partial charge in [0.15, 0.2) is 0 Å². The molecule has 5 nitrogen and oxygen atoms in total. The highest BCUT2D eigenvalue weighted by Crippen LogP contribution is 2.04. The van der Waals surface area contributed by atoms with E-state index < -0.39 is 5.97 Å². The predicted octanol–water partition coefficient (Wildman–Crippen LogP) is 0.392. The molecule has 5 heteroatoms. The molecule has 3 N–H and O–H groups in total. The van der Waals surface area contributed by atoms with Gasteiger partial charge in [0.05, 0.1) is 13.2 Å². The predicted molar refractivity (Wildman–Crippen MR) is 59.6 cm³/mol. The van der Waals surface area contributed by atoms with Gasteiger partial charge < -0.3 is 20.6 Å². The van der Waals surface area contributed by atoms with Gasteiger partial charge in [-0.25, -0.2) is 0 Å². The third kappa shape index (κ3) is 6.34. The normalized spacial score (nSPS) is 13.1. The summed E-state index contributed by atoms with van der Waals surface area (Å²) in [5.74, 6) is -0.968. The second kappa shape index (κ2) is 7.64. The molecule has 1 heterocycles. The lowest BCUT2D eigenvalue weighted by molar-refractivity contribution is -0.135. The Labute approximate surface area is 89.8 Å². The summed E-state index contributed by atoms with van der Waals surface area (Å²) in [4.78, 5) is 13.4. The van der Waals surface area contributed by atoms with Crippen LogP contribution in [0.1, 0.15) is 0 Å². The summed E-state index contributed by atoms with van der Waals surface area (Å²) in [6, 6.07) is 0. The monoisotopic (exact) mass is 211 g/mol. The smallest absolute Gasteiger partial charge is 0.317 e. The molecule has 0 saturated heterocycles. The van der Waals surface area contributed by atoms with Gasteiger partial charge in [-0.2, -0.15) is 0 Å². The van der Waals surface area contributed by atoms with Crippen molar-refractivity contribution in [1.29, 1.82) is 0 Å². The number of carboxylic acid groups (broad SMARTS) is 1. The van der Waals surface area contributed by atoms with Crippen LogP contribution in [-0.4, -0.2) is 40.6 Å². The maximum Gasteiger partial charge on any atom is 0.317 e. The Bertz CT molecular complexity index is 251. The summed E-state index contributed by atoms with van der Waals surface area (Å²) in [5.41, 5.74) is 4.57. The van der Waals surface area contributed by atoms with Crippen molar-refractivity contribution in [2.75, 3.05) is 19.8 Å². The molecule has 0 unspecified atom stereocenters. The molecule has 0 atom stereocenters. The number of hydrogen-bond donors (Lipinski definition) is 2. The third-order valence-electron chi connectivity index (χ3n) is 1.59. The second-order valence-electron chi connectivity index (χ2n) is 2.79. The van der Waals surface area contributed by atoms with Crippen LogP contribution in [0.3, 0.4) is 0 Å². The van der Waals surface area contributed by atoms with Gasteiger partial charge in [0.2, 0.25) is 0 Å². The number of nitrogens with zero attached hydrogens (tertiary/aromatic N) is 2. The Hall–Kier alpha value is -1.75. The standard InChI is InChI=1S/C8H12N2.C2H5NO2/c1-3-5-10-7-6-9(4-2)8-10;3-1-2(4)5/h3-4,6-7H,1-2,5,8H2;1,3H2,(H,4,5). The van der Waals surface area contributed by atoms with Gasteiger partial charge in [-0.05, 0) is 6.20 Å². The Morgan fingerprint density at radius 2 is 2.13 bits per heavy atom. The molecule has 0 aromatic heterocycles. The van der Waals surface area contributed by atoms with Crippen molar-refractivity contribution in [3.8, 4) is 0 Å². The number of carboxylic acids is 1. The zero-order valence-corrected chi connectivity index (χ0v) is 8.67. The van der Waals surface area contributed by atoms with Gasteiger partial charge in [0, 0.05) is 18.9 Å². The molecule has 0 aliphatic carbocycles. The molecule has 0 bridgehead atoms. The maximum atomic E-state index is 9.24. The van der Waals surface area contributed by atoms with Gasteiger partial charge in [-0.3, -0.25) is 4.79 Å². The number of hydrogen-bond acceptors (Lipinski definition) is 4. The lowest BCUT2D eigenvalue weighted by Crippen LogP contribution is -2.21. The Morgan fingerprint density at radius 3 is 2.47 bits per heavy atom. The van der Waals surface area contributed by atoms with Crippen LogP contribution in [0.4, 0.5) is 0 Å². The highest BCUT2D eigenvalue weighted by atomic mass is 16.4. The van der Waals surface area contributed by atoms with E-state index in [2.05, 4.69) is 23.8 Å². The number of nitrogens with two attached hydrogens (primary N) is 1. The molecule has 15 heavy (non-hydrogen) atoms. The summed E-state index contributed by atoms with van der Waals surface area (Å²) in [6.45, 7) is 8.84. The fourth-order valence-corrected chi connectivity index (χ4v) is 0.887. The van der Waals surface area contributed by atoms with Gasteiger partial charge in [0.25, 0.3) is 0 Å². The minimum Gasteiger partial charge on any atom is -0.480 e. The fourth-order valence-electron chi connectivity index (χ4n) is 0.887. The van der Waals surface area contributed by atoms with E-state index in [9.17, 15) is 4.79 Å².